The number of nitrogens with zero attached hydrogens (tertiary/aromatic N) is 1. The smallest absolute Gasteiger partial charge is 0.267 e. The van der Waals surface area contributed by atoms with Crippen molar-refractivity contribution < 1.29 is 9.18 Å². The normalized spacial score (nSPS) is 26.1. The number of halogens is 1. The van der Waals surface area contributed by atoms with Crippen LogP contribution in [0.25, 0.3) is 0 Å². The molecule has 21 heavy (non-hydrogen) atoms. The van der Waals surface area contributed by atoms with Gasteiger partial charge in [-0.1, -0.05) is 32.1 Å². The largest absolute Gasteiger partial charge is 0.274 e. The lowest BCUT2D eigenvalue weighted by Crippen LogP contribution is -2.48. The Bertz CT molecular complexity index is 633. The van der Waals surface area contributed by atoms with E-state index in [0.29, 0.717) is 11.3 Å². The summed E-state index contributed by atoms with van der Waals surface area (Å²) in [5, 5.41) is 3.99. The molecule has 1 saturated carbocycles. The fourth-order valence-corrected chi connectivity index (χ4v) is 3.42. The Morgan fingerprint density at radius 1 is 1.43 bits per heavy atom. The van der Waals surface area contributed by atoms with Crippen LogP contribution in [0.2, 0.25) is 0 Å². The molecule has 0 unspecified atom stereocenters. The molecule has 3 aliphatic carbocycles. The standard InChI is InChI=1S/C17H19FN2O/c1-17(2)12-8-7-11(14(17)9-12)10-19-20-16(21)13-5-3-4-6-15(13)18/h3-7,10,12,14H,8-9H2,1-2H3,(H,20,21)/b19-10-/t12-,14+/m1/s1. The lowest BCUT2D eigenvalue weighted by molar-refractivity contribution is -0.00126. The first kappa shape index (κ1) is 14.0. The van der Waals surface area contributed by atoms with E-state index in [4.69, 9.17) is 0 Å². The van der Waals surface area contributed by atoms with Crippen molar-refractivity contribution >= 4 is 12.1 Å². The lowest BCUT2D eigenvalue weighted by Gasteiger charge is -2.55. The van der Waals surface area contributed by atoms with E-state index >= 15 is 0 Å². The Labute approximate surface area is 123 Å². The molecule has 0 saturated heterocycles. The van der Waals surface area contributed by atoms with Crippen LogP contribution in [-0.4, -0.2) is 12.1 Å². The van der Waals surface area contributed by atoms with Gasteiger partial charge in [0, 0.05) is 0 Å². The lowest BCUT2D eigenvalue weighted by atomic mass is 9.49. The van der Waals surface area contributed by atoms with E-state index in [2.05, 4.69) is 30.5 Å². The molecular formula is C17H19FN2O. The van der Waals surface area contributed by atoms with Crippen LogP contribution in [0.4, 0.5) is 4.39 Å². The van der Waals surface area contributed by atoms with Gasteiger partial charge in [-0.2, -0.15) is 5.10 Å². The molecule has 4 heteroatoms. The monoisotopic (exact) mass is 286 g/mol. The minimum Gasteiger partial charge on any atom is -0.267 e. The first-order chi connectivity index (χ1) is 10.00. The number of rotatable bonds is 3. The molecule has 0 heterocycles. The zero-order valence-corrected chi connectivity index (χ0v) is 12.3. The van der Waals surface area contributed by atoms with Crippen LogP contribution in [0.1, 0.15) is 37.0 Å². The molecule has 0 spiro atoms. The van der Waals surface area contributed by atoms with Crippen molar-refractivity contribution in [2.24, 2.45) is 22.4 Å². The molecule has 3 nitrogen and oxygen atoms in total. The van der Waals surface area contributed by atoms with Gasteiger partial charge in [0.05, 0.1) is 11.8 Å². The number of benzene rings is 1. The summed E-state index contributed by atoms with van der Waals surface area (Å²) in [5.41, 5.74) is 3.91. The fraction of sp³-hybridized carbons (Fsp3) is 0.412. The first-order valence-corrected chi connectivity index (χ1v) is 7.28. The van der Waals surface area contributed by atoms with Crippen LogP contribution < -0.4 is 5.43 Å². The third-order valence-corrected chi connectivity index (χ3v) is 5.01. The van der Waals surface area contributed by atoms with E-state index in [1.165, 1.54) is 24.1 Å². The van der Waals surface area contributed by atoms with Crippen molar-refractivity contribution in [1.82, 2.24) is 5.43 Å². The summed E-state index contributed by atoms with van der Waals surface area (Å²) in [6.45, 7) is 4.56. The average Bonchev–Trinajstić information content (AvgIpc) is 2.47. The van der Waals surface area contributed by atoms with Gasteiger partial charge < -0.3 is 0 Å². The molecular weight excluding hydrogens is 267 g/mol. The highest BCUT2D eigenvalue weighted by molar-refractivity contribution is 5.95. The van der Waals surface area contributed by atoms with Gasteiger partial charge in [-0.05, 0) is 47.8 Å². The van der Waals surface area contributed by atoms with Gasteiger partial charge in [0.1, 0.15) is 5.82 Å². The zero-order chi connectivity index (χ0) is 15.0. The van der Waals surface area contributed by atoms with E-state index in [9.17, 15) is 9.18 Å². The fourth-order valence-electron chi connectivity index (χ4n) is 3.42. The number of hydrogen-bond donors (Lipinski definition) is 1. The van der Waals surface area contributed by atoms with Crippen LogP contribution >= 0.6 is 0 Å². The third-order valence-electron chi connectivity index (χ3n) is 5.01. The molecule has 1 N–H and O–H groups in total. The summed E-state index contributed by atoms with van der Waals surface area (Å²) in [5.74, 6) is 0.231. The number of nitrogens with one attached hydrogen (secondary N) is 1. The highest BCUT2D eigenvalue weighted by Gasteiger charge is 2.50. The Hall–Kier alpha value is -1.97. The second-order valence-corrected chi connectivity index (χ2v) is 6.43. The summed E-state index contributed by atoms with van der Waals surface area (Å²) in [6.07, 6.45) is 6.18. The van der Waals surface area contributed by atoms with Gasteiger partial charge in [0.2, 0.25) is 0 Å². The second kappa shape index (κ2) is 5.10. The molecule has 2 atom stereocenters. The Morgan fingerprint density at radius 3 is 2.86 bits per heavy atom. The SMILES string of the molecule is CC1(C)[C@@H]2CC=C(/C=N\NC(=O)c3ccccc3F)[C@@H]1C2. The van der Waals surface area contributed by atoms with Crippen LogP contribution in [0.15, 0.2) is 41.0 Å². The van der Waals surface area contributed by atoms with E-state index in [1.807, 2.05) is 0 Å². The topological polar surface area (TPSA) is 41.5 Å². The summed E-state index contributed by atoms with van der Waals surface area (Å²) >= 11 is 0. The average molecular weight is 286 g/mol. The predicted molar refractivity (Wildman–Crippen MR) is 80.4 cm³/mol. The quantitative estimate of drug-likeness (QED) is 0.670. The van der Waals surface area contributed by atoms with Gasteiger partial charge in [-0.25, -0.2) is 9.82 Å². The van der Waals surface area contributed by atoms with Gasteiger partial charge in [0.15, 0.2) is 0 Å². The summed E-state index contributed by atoms with van der Waals surface area (Å²) in [4.78, 5) is 11.8. The maximum absolute atomic E-state index is 13.5. The van der Waals surface area contributed by atoms with Crippen molar-refractivity contribution in [3.05, 3.63) is 47.3 Å². The number of allylic oxidation sites excluding steroid dienone is 2. The molecule has 1 amide bonds. The van der Waals surface area contributed by atoms with Gasteiger partial charge in [0.25, 0.3) is 5.91 Å². The van der Waals surface area contributed by atoms with Crippen LogP contribution in [-0.2, 0) is 0 Å². The molecule has 0 radical (unpaired) electrons. The van der Waals surface area contributed by atoms with Crippen LogP contribution in [0.5, 0.6) is 0 Å². The molecule has 4 rings (SSSR count). The number of hydrazone groups is 1. The number of carbonyl (C=O) groups is 1. The maximum atomic E-state index is 13.5. The molecule has 110 valence electrons. The maximum Gasteiger partial charge on any atom is 0.274 e. The van der Waals surface area contributed by atoms with Crippen LogP contribution in [0, 0.1) is 23.1 Å². The van der Waals surface area contributed by atoms with Crippen molar-refractivity contribution in [1.29, 1.82) is 0 Å². The molecule has 1 aromatic rings. The minimum absolute atomic E-state index is 0.0105. The molecule has 3 aliphatic rings. The minimum atomic E-state index is -0.537. The van der Waals surface area contributed by atoms with Crippen molar-refractivity contribution in [3.63, 3.8) is 0 Å². The first-order valence-electron chi connectivity index (χ1n) is 7.28. The van der Waals surface area contributed by atoms with E-state index < -0.39 is 11.7 Å². The van der Waals surface area contributed by atoms with Gasteiger partial charge in [-0.15, -0.1) is 0 Å². The Morgan fingerprint density at radius 2 is 2.19 bits per heavy atom. The number of hydrogen-bond acceptors (Lipinski definition) is 2. The molecule has 2 bridgehead atoms. The van der Waals surface area contributed by atoms with Crippen molar-refractivity contribution in [2.45, 2.75) is 26.7 Å². The molecule has 1 aromatic carbocycles. The highest BCUT2D eigenvalue weighted by Crippen LogP contribution is 2.58. The van der Waals surface area contributed by atoms with E-state index in [-0.39, 0.29) is 5.56 Å². The summed E-state index contributed by atoms with van der Waals surface area (Å²) in [6, 6.07) is 5.89. The van der Waals surface area contributed by atoms with Crippen LogP contribution in [0.3, 0.4) is 0 Å². The number of carbonyl (C=O) groups excluding carboxylic acids is 1. The van der Waals surface area contributed by atoms with Crippen molar-refractivity contribution in [2.75, 3.05) is 0 Å². The molecule has 0 aromatic heterocycles. The zero-order valence-electron chi connectivity index (χ0n) is 12.3. The van der Waals surface area contributed by atoms with E-state index in [1.54, 1.807) is 18.3 Å². The Balaban J connectivity index is 1.65. The number of fused-ring (bicyclic) bond motifs is 1. The van der Waals surface area contributed by atoms with Gasteiger partial charge in [-0.3, -0.25) is 4.79 Å². The van der Waals surface area contributed by atoms with Crippen molar-refractivity contribution in [3.8, 4) is 0 Å². The molecule has 1 fully saturated rings. The molecule has 0 aliphatic heterocycles. The predicted octanol–water partition coefficient (Wildman–Crippen LogP) is 3.53. The van der Waals surface area contributed by atoms with Gasteiger partial charge >= 0.3 is 0 Å². The summed E-state index contributed by atoms with van der Waals surface area (Å²) in [7, 11) is 0. The Kier molecular flexibility index (Phi) is 3.40. The van der Waals surface area contributed by atoms with E-state index in [0.717, 1.165) is 12.3 Å². The third kappa shape index (κ3) is 2.39. The second-order valence-electron chi connectivity index (χ2n) is 6.43. The summed E-state index contributed by atoms with van der Waals surface area (Å²) < 4.78 is 13.5. The number of amides is 1. The highest BCUT2D eigenvalue weighted by atomic mass is 19.1.